The first-order chi connectivity index (χ1) is 11.9. The minimum Gasteiger partial charge on any atom is -0.439 e. The summed E-state index contributed by atoms with van der Waals surface area (Å²) in [5.41, 5.74) is 0.945. The molecule has 2 aromatic heterocycles. The third-order valence-corrected chi connectivity index (χ3v) is 6.15. The number of hydrogen-bond acceptors (Lipinski definition) is 8. The fraction of sp³-hybridized carbons (Fsp3) is 0.133. The number of benzene rings is 1. The van der Waals surface area contributed by atoms with Crippen molar-refractivity contribution in [1.29, 1.82) is 0 Å². The Morgan fingerprint density at radius 1 is 1.20 bits per heavy atom. The van der Waals surface area contributed by atoms with E-state index in [0.29, 0.717) is 10.3 Å². The molecule has 0 unspecified atom stereocenters. The molecular weight excluding hydrogens is 382 g/mol. The summed E-state index contributed by atoms with van der Waals surface area (Å²) in [5, 5.41) is 3.10. The smallest absolute Gasteiger partial charge is 0.293 e. The second kappa shape index (κ2) is 6.98. The van der Waals surface area contributed by atoms with Gasteiger partial charge >= 0.3 is 0 Å². The molecule has 0 fully saturated rings. The van der Waals surface area contributed by atoms with Crippen LogP contribution in [0.1, 0.15) is 16.1 Å². The molecule has 1 amide bonds. The summed E-state index contributed by atoms with van der Waals surface area (Å²) < 4.78 is 34.3. The predicted octanol–water partition coefficient (Wildman–Crippen LogP) is 3.25. The van der Waals surface area contributed by atoms with E-state index < -0.39 is 15.7 Å². The Morgan fingerprint density at radius 3 is 2.56 bits per heavy atom. The minimum atomic E-state index is -3.82. The maximum atomic E-state index is 12.5. The summed E-state index contributed by atoms with van der Waals surface area (Å²) in [6, 6.07) is 8.96. The van der Waals surface area contributed by atoms with Crippen molar-refractivity contribution >= 4 is 44.2 Å². The fourth-order valence-electron chi connectivity index (χ4n) is 1.92. The van der Waals surface area contributed by atoms with E-state index in [4.69, 9.17) is 4.42 Å². The number of thioether (sulfide) groups is 1. The monoisotopic (exact) mass is 395 g/mol. The molecule has 0 saturated carbocycles. The van der Waals surface area contributed by atoms with Crippen molar-refractivity contribution in [3.8, 4) is 0 Å². The van der Waals surface area contributed by atoms with Crippen molar-refractivity contribution in [2.24, 2.45) is 0 Å². The van der Waals surface area contributed by atoms with Crippen molar-refractivity contribution in [1.82, 2.24) is 9.36 Å². The van der Waals surface area contributed by atoms with Gasteiger partial charge in [-0.3, -0.25) is 10.1 Å². The lowest BCUT2D eigenvalue weighted by atomic mass is 10.2. The van der Waals surface area contributed by atoms with Crippen LogP contribution in [0.3, 0.4) is 0 Å². The van der Waals surface area contributed by atoms with Gasteiger partial charge in [0.25, 0.3) is 5.91 Å². The summed E-state index contributed by atoms with van der Waals surface area (Å²) in [5.74, 6) is -0.708. The van der Waals surface area contributed by atoms with E-state index in [0.717, 1.165) is 17.1 Å². The Kier molecular flexibility index (Phi) is 4.93. The Hall–Kier alpha value is -2.17. The maximum absolute atomic E-state index is 12.5. The lowest BCUT2D eigenvalue weighted by Crippen LogP contribution is -2.10. The number of amides is 1. The van der Waals surface area contributed by atoms with Crippen molar-refractivity contribution < 1.29 is 17.6 Å². The van der Waals surface area contributed by atoms with Gasteiger partial charge < -0.3 is 4.42 Å². The van der Waals surface area contributed by atoms with E-state index >= 15 is 0 Å². The standard InChI is InChI=1S/C15H13N3O4S3/c1-9-3-5-10(6-4-9)25(20,21)12-8-7-11(22-12)13(19)16-14-17-15(23-2)18-24-14/h3-8H,1-2H3,(H,16,17,18,19). The highest BCUT2D eigenvalue weighted by Gasteiger charge is 2.24. The molecule has 0 radical (unpaired) electrons. The van der Waals surface area contributed by atoms with Crippen molar-refractivity contribution in [3.63, 3.8) is 0 Å². The van der Waals surface area contributed by atoms with E-state index in [2.05, 4.69) is 14.7 Å². The number of aryl methyl sites for hydroxylation is 1. The predicted molar refractivity (Wildman–Crippen MR) is 95.0 cm³/mol. The SMILES string of the molecule is CSc1nsc(NC(=O)c2ccc(S(=O)(=O)c3ccc(C)cc3)o2)n1. The number of nitrogens with zero attached hydrogens (tertiary/aromatic N) is 2. The van der Waals surface area contributed by atoms with Gasteiger partial charge in [-0.05, 0) is 37.4 Å². The normalized spacial score (nSPS) is 11.4. The minimum absolute atomic E-state index is 0.105. The van der Waals surface area contributed by atoms with Crippen LogP contribution in [0.4, 0.5) is 5.13 Å². The van der Waals surface area contributed by atoms with Gasteiger partial charge in [0.15, 0.2) is 5.76 Å². The summed E-state index contributed by atoms with van der Waals surface area (Å²) >= 11 is 2.39. The molecule has 0 saturated heterocycles. The number of carbonyl (C=O) groups is 1. The van der Waals surface area contributed by atoms with Crippen LogP contribution in [0, 0.1) is 6.92 Å². The molecule has 0 bridgehead atoms. The molecule has 0 aliphatic carbocycles. The zero-order valence-corrected chi connectivity index (χ0v) is 15.7. The molecule has 0 aliphatic heterocycles. The number of anilines is 1. The van der Waals surface area contributed by atoms with Crippen molar-refractivity contribution in [2.45, 2.75) is 22.1 Å². The first-order valence-electron chi connectivity index (χ1n) is 7.01. The average Bonchev–Trinajstić information content (AvgIpc) is 3.24. The molecule has 3 aromatic rings. The maximum Gasteiger partial charge on any atom is 0.293 e. The van der Waals surface area contributed by atoms with Crippen LogP contribution < -0.4 is 5.32 Å². The summed E-state index contributed by atoms with van der Waals surface area (Å²) in [7, 11) is -3.82. The topological polar surface area (TPSA) is 102 Å². The molecule has 7 nitrogen and oxygen atoms in total. The van der Waals surface area contributed by atoms with Gasteiger partial charge in [-0.25, -0.2) is 8.42 Å². The molecule has 130 valence electrons. The van der Waals surface area contributed by atoms with Gasteiger partial charge in [0.05, 0.1) is 4.90 Å². The largest absolute Gasteiger partial charge is 0.439 e. The molecule has 25 heavy (non-hydrogen) atoms. The van der Waals surface area contributed by atoms with Crippen molar-refractivity contribution in [2.75, 3.05) is 11.6 Å². The Bertz CT molecular complexity index is 1010. The lowest BCUT2D eigenvalue weighted by Gasteiger charge is -2.02. The third-order valence-electron chi connectivity index (χ3n) is 3.21. The van der Waals surface area contributed by atoms with Crippen LogP contribution in [-0.4, -0.2) is 29.9 Å². The quantitative estimate of drug-likeness (QED) is 0.662. The van der Waals surface area contributed by atoms with Crippen molar-refractivity contribution in [3.05, 3.63) is 47.7 Å². The highest BCUT2D eigenvalue weighted by atomic mass is 32.2. The van der Waals surface area contributed by atoms with Gasteiger partial charge in [0, 0.05) is 11.5 Å². The summed E-state index contributed by atoms with van der Waals surface area (Å²) in [6.07, 6.45) is 1.82. The number of furan rings is 1. The summed E-state index contributed by atoms with van der Waals surface area (Å²) in [4.78, 5) is 16.4. The number of aromatic nitrogens is 2. The number of rotatable bonds is 5. The summed E-state index contributed by atoms with van der Waals surface area (Å²) in [6.45, 7) is 1.86. The van der Waals surface area contributed by atoms with Crippen LogP contribution in [0.5, 0.6) is 0 Å². The number of carbonyl (C=O) groups excluding carboxylic acids is 1. The first kappa shape index (κ1) is 17.6. The van der Waals surface area contributed by atoms with Crippen LogP contribution in [-0.2, 0) is 9.84 Å². The second-order valence-corrected chi connectivity index (χ2v) is 8.38. The molecule has 0 spiro atoms. The van der Waals surface area contributed by atoms with E-state index in [-0.39, 0.29) is 15.7 Å². The lowest BCUT2D eigenvalue weighted by molar-refractivity contribution is 0.0991. The second-order valence-electron chi connectivity index (χ2n) is 4.98. The zero-order valence-electron chi connectivity index (χ0n) is 13.2. The first-order valence-corrected chi connectivity index (χ1v) is 10.5. The Labute approximate surface area is 152 Å². The van der Waals surface area contributed by atoms with Crippen LogP contribution >= 0.6 is 23.3 Å². The average molecular weight is 395 g/mol. The molecular formula is C15H13N3O4S3. The van der Waals surface area contributed by atoms with Gasteiger partial charge in [-0.15, -0.1) is 0 Å². The van der Waals surface area contributed by atoms with E-state index in [1.165, 1.54) is 36.0 Å². The number of nitrogens with one attached hydrogen (secondary N) is 1. The van der Waals surface area contributed by atoms with Gasteiger partial charge in [-0.2, -0.15) is 9.36 Å². The fourth-order valence-corrected chi connectivity index (χ4v) is 4.22. The highest BCUT2D eigenvalue weighted by Crippen LogP contribution is 2.24. The Balaban J connectivity index is 1.81. The molecule has 1 N–H and O–H groups in total. The van der Waals surface area contributed by atoms with E-state index in [1.54, 1.807) is 12.1 Å². The molecule has 1 aromatic carbocycles. The zero-order chi connectivity index (χ0) is 18.0. The van der Waals surface area contributed by atoms with Crippen LogP contribution in [0.2, 0.25) is 0 Å². The van der Waals surface area contributed by atoms with Gasteiger partial charge in [-0.1, -0.05) is 29.5 Å². The molecule has 3 rings (SSSR count). The van der Waals surface area contributed by atoms with Gasteiger partial charge in [0.2, 0.25) is 25.2 Å². The van der Waals surface area contributed by atoms with Crippen LogP contribution in [0.25, 0.3) is 0 Å². The number of sulfone groups is 1. The molecule has 2 heterocycles. The molecule has 10 heteroatoms. The Morgan fingerprint density at radius 2 is 1.92 bits per heavy atom. The van der Waals surface area contributed by atoms with E-state index in [9.17, 15) is 13.2 Å². The highest BCUT2D eigenvalue weighted by molar-refractivity contribution is 7.98. The molecule has 0 atom stereocenters. The molecule has 0 aliphatic rings. The van der Waals surface area contributed by atoms with Gasteiger partial charge in [0.1, 0.15) is 0 Å². The van der Waals surface area contributed by atoms with Crippen LogP contribution in [0.15, 0.2) is 56.0 Å². The third kappa shape index (κ3) is 3.75. The van der Waals surface area contributed by atoms with E-state index in [1.807, 2.05) is 13.2 Å². The number of hydrogen-bond donors (Lipinski definition) is 1.